The maximum absolute atomic E-state index is 9.42. The Morgan fingerprint density at radius 1 is 1.30 bits per heavy atom. The van der Waals surface area contributed by atoms with E-state index in [1.807, 2.05) is 11.8 Å². The van der Waals surface area contributed by atoms with Gasteiger partial charge in [-0.15, -0.1) is 11.8 Å². The third kappa shape index (κ3) is 3.79. The van der Waals surface area contributed by atoms with Crippen LogP contribution >= 0.6 is 11.8 Å². The van der Waals surface area contributed by atoms with Crippen LogP contribution in [0.2, 0.25) is 0 Å². The monoisotopic (exact) mass is 287 g/mol. The van der Waals surface area contributed by atoms with Gasteiger partial charge in [0, 0.05) is 10.1 Å². The fourth-order valence-corrected chi connectivity index (χ4v) is 4.72. The van der Waals surface area contributed by atoms with Gasteiger partial charge in [0.15, 0.2) is 0 Å². The van der Waals surface area contributed by atoms with Crippen LogP contribution in [0.4, 0.5) is 0 Å². The van der Waals surface area contributed by atoms with Crippen molar-refractivity contribution in [1.29, 1.82) is 5.26 Å². The standard InChI is InChI=1S/C18H25NS/c1-4-5-15-8-9-16(12-19)18(11-15)20-17-10-13(2)6-7-14(17)3/h6-7,10,15-16,18H,4-5,8-9,11H2,1-3H3. The molecule has 0 spiro atoms. The van der Waals surface area contributed by atoms with Gasteiger partial charge in [0.25, 0.3) is 0 Å². The summed E-state index contributed by atoms with van der Waals surface area (Å²) in [5.41, 5.74) is 2.66. The van der Waals surface area contributed by atoms with Crippen molar-refractivity contribution in [3.63, 3.8) is 0 Å². The zero-order chi connectivity index (χ0) is 14.5. The lowest BCUT2D eigenvalue weighted by molar-refractivity contribution is 0.307. The number of hydrogen-bond donors (Lipinski definition) is 0. The highest BCUT2D eigenvalue weighted by atomic mass is 32.2. The Bertz CT molecular complexity index is 489. The molecule has 3 atom stereocenters. The summed E-state index contributed by atoms with van der Waals surface area (Å²) in [6.45, 7) is 6.59. The maximum Gasteiger partial charge on any atom is 0.0667 e. The largest absolute Gasteiger partial charge is 0.198 e. The van der Waals surface area contributed by atoms with Crippen LogP contribution in [0, 0.1) is 37.0 Å². The van der Waals surface area contributed by atoms with Crippen LogP contribution in [0.15, 0.2) is 23.1 Å². The van der Waals surface area contributed by atoms with Gasteiger partial charge in [0.2, 0.25) is 0 Å². The molecule has 0 aliphatic heterocycles. The second kappa shape index (κ2) is 7.18. The molecule has 0 N–H and O–H groups in total. The number of nitrogens with zero attached hydrogens (tertiary/aromatic N) is 1. The van der Waals surface area contributed by atoms with E-state index in [1.165, 1.54) is 41.7 Å². The minimum Gasteiger partial charge on any atom is -0.198 e. The zero-order valence-electron chi connectivity index (χ0n) is 12.9. The van der Waals surface area contributed by atoms with Crippen LogP contribution in [-0.4, -0.2) is 5.25 Å². The van der Waals surface area contributed by atoms with Crippen LogP contribution in [0.1, 0.15) is 50.2 Å². The molecule has 0 heterocycles. The Balaban J connectivity index is 2.11. The van der Waals surface area contributed by atoms with E-state index in [0.29, 0.717) is 5.25 Å². The highest BCUT2D eigenvalue weighted by Gasteiger charge is 2.31. The molecule has 0 aromatic heterocycles. The van der Waals surface area contributed by atoms with E-state index in [2.05, 4.69) is 45.0 Å². The Kier molecular flexibility index (Phi) is 5.54. The number of hydrogen-bond acceptors (Lipinski definition) is 2. The van der Waals surface area contributed by atoms with Crippen molar-refractivity contribution in [2.24, 2.45) is 11.8 Å². The first-order valence-electron chi connectivity index (χ1n) is 7.77. The molecule has 3 unspecified atom stereocenters. The van der Waals surface area contributed by atoms with Crippen LogP contribution in [-0.2, 0) is 0 Å². The molecule has 1 aromatic carbocycles. The molecule has 20 heavy (non-hydrogen) atoms. The molecular formula is C18H25NS. The zero-order valence-corrected chi connectivity index (χ0v) is 13.7. The molecule has 1 saturated carbocycles. The Hall–Kier alpha value is -0.940. The van der Waals surface area contributed by atoms with Crippen LogP contribution in [0.25, 0.3) is 0 Å². The van der Waals surface area contributed by atoms with Gasteiger partial charge < -0.3 is 0 Å². The van der Waals surface area contributed by atoms with Gasteiger partial charge in [-0.25, -0.2) is 0 Å². The summed E-state index contributed by atoms with van der Waals surface area (Å²) >= 11 is 1.95. The Labute approximate surface area is 127 Å². The third-order valence-electron chi connectivity index (χ3n) is 4.39. The molecule has 0 radical (unpaired) electrons. The second-order valence-corrected chi connectivity index (χ2v) is 7.41. The molecule has 1 aliphatic rings. The summed E-state index contributed by atoms with van der Waals surface area (Å²) in [7, 11) is 0. The summed E-state index contributed by atoms with van der Waals surface area (Å²) in [4.78, 5) is 1.37. The minimum absolute atomic E-state index is 0.230. The molecular weight excluding hydrogens is 262 g/mol. The van der Waals surface area contributed by atoms with Gasteiger partial charge in [0.1, 0.15) is 0 Å². The summed E-state index contributed by atoms with van der Waals surface area (Å²) in [5.74, 6) is 1.06. The SMILES string of the molecule is CCCC1CCC(C#N)C(Sc2cc(C)ccc2C)C1. The summed E-state index contributed by atoms with van der Waals surface area (Å²) in [5, 5.41) is 9.89. The Morgan fingerprint density at radius 2 is 2.10 bits per heavy atom. The first-order valence-corrected chi connectivity index (χ1v) is 8.65. The lowest BCUT2D eigenvalue weighted by atomic mass is 9.80. The highest BCUT2D eigenvalue weighted by molar-refractivity contribution is 8.00. The van der Waals surface area contributed by atoms with Gasteiger partial charge in [-0.3, -0.25) is 0 Å². The average molecular weight is 287 g/mol. The summed E-state index contributed by atoms with van der Waals surface area (Å²) in [6.07, 6.45) is 6.13. The first kappa shape index (κ1) is 15.4. The van der Waals surface area contributed by atoms with Crippen molar-refractivity contribution in [1.82, 2.24) is 0 Å². The van der Waals surface area contributed by atoms with Crippen molar-refractivity contribution in [3.8, 4) is 6.07 Å². The Morgan fingerprint density at radius 3 is 2.80 bits per heavy atom. The van der Waals surface area contributed by atoms with Crippen molar-refractivity contribution in [3.05, 3.63) is 29.3 Å². The van der Waals surface area contributed by atoms with Crippen molar-refractivity contribution in [2.45, 2.75) is 63.0 Å². The molecule has 108 valence electrons. The molecule has 0 saturated heterocycles. The molecule has 2 rings (SSSR count). The van der Waals surface area contributed by atoms with Crippen molar-refractivity contribution < 1.29 is 0 Å². The van der Waals surface area contributed by atoms with Gasteiger partial charge in [-0.2, -0.15) is 5.26 Å². The summed E-state index contributed by atoms with van der Waals surface area (Å²) < 4.78 is 0. The van der Waals surface area contributed by atoms with E-state index < -0.39 is 0 Å². The van der Waals surface area contributed by atoms with Gasteiger partial charge >= 0.3 is 0 Å². The van der Waals surface area contributed by atoms with E-state index in [0.717, 1.165) is 12.3 Å². The quantitative estimate of drug-likeness (QED) is 0.729. The number of rotatable bonds is 4. The fraction of sp³-hybridized carbons (Fsp3) is 0.611. The first-order chi connectivity index (χ1) is 9.63. The van der Waals surface area contributed by atoms with E-state index in [-0.39, 0.29) is 5.92 Å². The highest BCUT2D eigenvalue weighted by Crippen LogP contribution is 2.42. The van der Waals surface area contributed by atoms with Crippen LogP contribution < -0.4 is 0 Å². The van der Waals surface area contributed by atoms with Gasteiger partial charge in [0.05, 0.1) is 12.0 Å². The number of aryl methyl sites for hydroxylation is 2. The van der Waals surface area contributed by atoms with E-state index in [4.69, 9.17) is 0 Å². The fourth-order valence-electron chi connectivity index (χ4n) is 3.16. The van der Waals surface area contributed by atoms with E-state index >= 15 is 0 Å². The van der Waals surface area contributed by atoms with Gasteiger partial charge in [-0.05, 0) is 50.7 Å². The van der Waals surface area contributed by atoms with Crippen LogP contribution in [0.5, 0.6) is 0 Å². The predicted octanol–water partition coefficient (Wildman–Crippen LogP) is 5.50. The lowest BCUT2D eigenvalue weighted by Crippen LogP contribution is -2.26. The topological polar surface area (TPSA) is 23.8 Å². The second-order valence-electron chi connectivity index (χ2n) is 6.13. The molecule has 1 fully saturated rings. The maximum atomic E-state index is 9.42. The minimum atomic E-state index is 0.230. The predicted molar refractivity (Wildman–Crippen MR) is 86.9 cm³/mol. The van der Waals surface area contributed by atoms with Crippen molar-refractivity contribution >= 4 is 11.8 Å². The van der Waals surface area contributed by atoms with E-state index in [9.17, 15) is 5.26 Å². The average Bonchev–Trinajstić information content (AvgIpc) is 2.44. The molecule has 0 amide bonds. The number of nitriles is 1. The number of thioether (sulfide) groups is 1. The molecule has 2 heteroatoms. The normalized spacial score (nSPS) is 26.2. The molecule has 1 aliphatic carbocycles. The lowest BCUT2D eigenvalue weighted by Gasteiger charge is -2.32. The van der Waals surface area contributed by atoms with Crippen LogP contribution in [0.3, 0.4) is 0 Å². The van der Waals surface area contributed by atoms with Crippen molar-refractivity contribution in [2.75, 3.05) is 0 Å². The van der Waals surface area contributed by atoms with E-state index in [1.54, 1.807) is 0 Å². The summed E-state index contributed by atoms with van der Waals surface area (Å²) in [6, 6.07) is 9.19. The third-order valence-corrected chi connectivity index (χ3v) is 5.90. The molecule has 1 nitrogen and oxygen atoms in total. The smallest absolute Gasteiger partial charge is 0.0667 e. The molecule has 1 aromatic rings. The molecule has 0 bridgehead atoms. The van der Waals surface area contributed by atoms with Gasteiger partial charge in [-0.1, -0.05) is 37.5 Å². The number of benzene rings is 1.